The van der Waals surface area contributed by atoms with Crippen LogP contribution in [0.15, 0.2) is 29.8 Å². The second kappa shape index (κ2) is 10.8. The predicted octanol–water partition coefficient (Wildman–Crippen LogP) is 1.26. The van der Waals surface area contributed by atoms with Gasteiger partial charge in [0, 0.05) is 19.7 Å². The van der Waals surface area contributed by atoms with Gasteiger partial charge >= 0.3 is 0 Å². The Morgan fingerprint density at radius 1 is 1.28 bits per heavy atom. The first-order valence-electron chi connectivity index (χ1n) is 7.87. The van der Waals surface area contributed by atoms with Crippen LogP contribution in [0.25, 0.3) is 6.08 Å². The van der Waals surface area contributed by atoms with Crippen LogP contribution in [0.4, 0.5) is 0 Å². The van der Waals surface area contributed by atoms with E-state index in [2.05, 4.69) is 10.6 Å². The van der Waals surface area contributed by atoms with Gasteiger partial charge < -0.3 is 20.1 Å². The third kappa shape index (κ3) is 7.99. The lowest BCUT2D eigenvalue weighted by Gasteiger charge is -2.09. The van der Waals surface area contributed by atoms with E-state index in [1.165, 1.54) is 13.2 Å². The van der Waals surface area contributed by atoms with Gasteiger partial charge in [-0.1, -0.05) is 12.1 Å². The van der Waals surface area contributed by atoms with Crippen LogP contribution in [0.2, 0.25) is 0 Å². The molecule has 1 aromatic carbocycles. The average molecular weight is 345 g/mol. The van der Waals surface area contributed by atoms with Crippen molar-refractivity contribution in [3.63, 3.8) is 0 Å². The highest BCUT2D eigenvalue weighted by molar-refractivity contribution is 6.01. The predicted molar refractivity (Wildman–Crippen MR) is 93.7 cm³/mol. The number of methoxy groups -OCH3 is 1. The summed E-state index contributed by atoms with van der Waals surface area (Å²) >= 11 is 0. The Morgan fingerprint density at radius 3 is 2.52 bits per heavy atom. The number of amides is 2. The third-order valence-electron chi connectivity index (χ3n) is 2.97. The van der Waals surface area contributed by atoms with Crippen LogP contribution in [-0.4, -0.2) is 44.7 Å². The summed E-state index contributed by atoms with van der Waals surface area (Å²) in [5.74, 6) is -0.122. The lowest BCUT2D eigenvalue weighted by atomic mass is 10.1. The quantitative estimate of drug-likeness (QED) is 0.399. The second-order valence-electron chi connectivity index (χ2n) is 5.50. The van der Waals surface area contributed by atoms with Crippen LogP contribution < -0.4 is 15.4 Å². The summed E-state index contributed by atoms with van der Waals surface area (Å²) < 4.78 is 10.2. The summed E-state index contributed by atoms with van der Waals surface area (Å²) in [6, 6.07) is 8.69. The van der Waals surface area contributed by atoms with Crippen molar-refractivity contribution in [1.82, 2.24) is 10.6 Å². The number of carbonyl (C=O) groups is 2. The number of carbonyl (C=O) groups excluding carboxylic acids is 2. The SMILES string of the molecule is COCCNC(=O)/C(C#N)=C/c1ccc(OCC(=O)NC(C)C)cc1. The molecule has 7 heteroatoms. The van der Waals surface area contributed by atoms with Crippen LogP contribution >= 0.6 is 0 Å². The fourth-order valence-corrected chi connectivity index (χ4v) is 1.85. The molecule has 0 aliphatic rings. The molecule has 0 fully saturated rings. The average Bonchev–Trinajstić information content (AvgIpc) is 2.58. The van der Waals surface area contributed by atoms with Crippen molar-refractivity contribution in [2.45, 2.75) is 19.9 Å². The van der Waals surface area contributed by atoms with E-state index in [0.717, 1.165) is 0 Å². The van der Waals surface area contributed by atoms with E-state index in [0.29, 0.717) is 24.5 Å². The van der Waals surface area contributed by atoms with E-state index in [1.54, 1.807) is 24.3 Å². The van der Waals surface area contributed by atoms with Gasteiger partial charge in [0.2, 0.25) is 0 Å². The molecule has 134 valence electrons. The van der Waals surface area contributed by atoms with Gasteiger partial charge in [0.25, 0.3) is 11.8 Å². The van der Waals surface area contributed by atoms with Gasteiger partial charge in [-0.2, -0.15) is 5.26 Å². The molecular formula is C18H23N3O4. The lowest BCUT2D eigenvalue weighted by Crippen LogP contribution is -2.34. The molecule has 0 saturated carbocycles. The Hall–Kier alpha value is -2.85. The van der Waals surface area contributed by atoms with Crippen molar-refractivity contribution in [3.05, 3.63) is 35.4 Å². The lowest BCUT2D eigenvalue weighted by molar-refractivity contribution is -0.123. The zero-order valence-corrected chi connectivity index (χ0v) is 14.7. The van der Waals surface area contributed by atoms with Crippen molar-refractivity contribution in [2.75, 3.05) is 26.9 Å². The molecular weight excluding hydrogens is 322 g/mol. The Kier molecular flexibility index (Phi) is 8.75. The van der Waals surface area contributed by atoms with Crippen LogP contribution in [0.5, 0.6) is 5.75 Å². The Bertz CT molecular complexity index is 645. The minimum Gasteiger partial charge on any atom is -0.484 e. The highest BCUT2D eigenvalue weighted by Gasteiger charge is 2.08. The first-order chi connectivity index (χ1) is 12.0. The number of ether oxygens (including phenoxy) is 2. The fourth-order valence-electron chi connectivity index (χ4n) is 1.85. The van der Waals surface area contributed by atoms with Crippen molar-refractivity contribution in [2.24, 2.45) is 0 Å². The van der Waals surface area contributed by atoms with Crippen LogP contribution in [-0.2, 0) is 14.3 Å². The number of hydrogen-bond donors (Lipinski definition) is 2. The van der Waals surface area contributed by atoms with Gasteiger partial charge in [-0.05, 0) is 37.6 Å². The van der Waals surface area contributed by atoms with Gasteiger partial charge in [0.15, 0.2) is 6.61 Å². The smallest absolute Gasteiger partial charge is 0.262 e. The first-order valence-corrected chi connectivity index (χ1v) is 7.87. The summed E-state index contributed by atoms with van der Waals surface area (Å²) in [6.45, 7) is 4.38. The molecule has 25 heavy (non-hydrogen) atoms. The number of nitriles is 1. The van der Waals surface area contributed by atoms with Crippen molar-refractivity contribution >= 4 is 17.9 Å². The maximum Gasteiger partial charge on any atom is 0.262 e. The summed E-state index contributed by atoms with van der Waals surface area (Å²) in [4.78, 5) is 23.4. The summed E-state index contributed by atoms with van der Waals surface area (Å²) in [5, 5.41) is 14.4. The molecule has 0 spiro atoms. The highest BCUT2D eigenvalue weighted by Crippen LogP contribution is 2.14. The summed E-state index contributed by atoms with van der Waals surface area (Å²) in [6.07, 6.45) is 1.48. The van der Waals surface area contributed by atoms with Crippen LogP contribution in [0.3, 0.4) is 0 Å². The molecule has 1 rings (SSSR count). The maximum absolute atomic E-state index is 11.9. The Morgan fingerprint density at radius 2 is 1.96 bits per heavy atom. The van der Waals surface area contributed by atoms with Gasteiger partial charge in [-0.15, -0.1) is 0 Å². The topological polar surface area (TPSA) is 100 Å². The normalized spacial score (nSPS) is 10.9. The van der Waals surface area contributed by atoms with Gasteiger partial charge in [0.05, 0.1) is 6.61 Å². The molecule has 1 aromatic rings. The molecule has 0 saturated heterocycles. The highest BCUT2D eigenvalue weighted by atomic mass is 16.5. The van der Waals surface area contributed by atoms with Gasteiger partial charge in [-0.3, -0.25) is 9.59 Å². The molecule has 0 heterocycles. The molecule has 0 aliphatic heterocycles. The van der Waals surface area contributed by atoms with Crippen molar-refractivity contribution in [3.8, 4) is 11.8 Å². The third-order valence-corrected chi connectivity index (χ3v) is 2.97. The van der Waals surface area contributed by atoms with E-state index in [4.69, 9.17) is 14.7 Å². The minimum atomic E-state index is -0.453. The largest absolute Gasteiger partial charge is 0.484 e. The molecule has 0 bridgehead atoms. The zero-order valence-electron chi connectivity index (χ0n) is 14.7. The molecule has 0 aliphatic carbocycles. The zero-order chi connectivity index (χ0) is 18.7. The molecule has 2 N–H and O–H groups in total. The number of hydrogen-bond acceptors (Lipinski definition) is 5. The number of benzene rings is 1. The standard InChI is InChI=1S/C18H23N3O4/c1-13(2)21-17(22)12-25-16-6-4-14(5-7-16)10-15(11-19)18(23)20-8-9-24-3/h4-7,10,13H,8-9,12H2,1-3H3,(H,20,23)(H,21,22)/b15-10+. The molecule has 0 aromatic heterocycles. The minimum absolute atomic E-state index is 0.00100. The Labute approximate surface area is 147 Å². The fraction of sp³-hybridized carbons (Fsp3) is 0.389. The van der Waals surface area contributed by atoms with E-state index in [-0.39, 0.29) is 24.1 Å². The van der Waals surface area contributed by atoms with E-state index in [9.17, 15) is 9.59 Å². The first kappa shape index (κ1) is 20.2. The number of rotatable bonds is 9. The number of nitrogens with one attached hydrogen (secondary N) is 2. The van der Waals surface area contributed by atoms with Crippen molar-refractivity contribution < 1.29 is 19.1 Å². The molecule has 0 atom stereocenters. The maximum atomic E-state index is 11.9. The van der Waals surface area contributed by atoms with Gasteiger partial charge in [0.1, 0.15) is 17.4 Å². The van der Waals surface area contributed by atoms with Crippen LogP contribution in [0, 0.1) is 11.3 Å². The molecule has 2 amide bonds. The second-order valence-corrected chi connectivity index (χ2v) is 5.50. The number of nitrogens with zero attached hydrogens (tertiary/aromatic N) is 1. The summed E-state index contributed by atoms with van der Waals surface area (Å²) in [7, 11) is 1.53. The van der Waals surface area contributed by atoms with E-state index in [1.807, 2.05) is 19.9 Å². The molecule has 7 nitrogen and oxygen atoms in total. The Balaban J connectivity index is 2.63. The monoisotopic (exact) mass is 345 g/mol. The van der Waals surface area contributed by atoms with E-state index >= 15 is 0 Å². The molecule has 0 unspecified atom stereocenters. The molecule has 0 radical (unpaired) electrons. The van der Waals surface area contributed by atoms with Gasteiger partial charge in [-0.25, -0.2) is 0 Å². The van der Waals surface area contributed by atoms with Crippen molar-refractivity contribution in [1.29, 1.82) is 5.26 Å². The summed E-state index contributed by atoms with van der Waals surface area (Å²) in [5.41, 5.74) is 0.679. The van der Waals surface area contributed by atoms with Crippen LogP contribution in [0.1, 0.15) is 19.4 Å². The van der Waals surface area contributed by atoms with E-state index < -0.39 is 5.91 Å².